The number of aryl methyl sites for hydroxylation is 1. The van der Waals surface area contributed by atoms with E-state index in [1.807, 2.05) is 72.8 Å². The second-order valence-corrected chi connectivity index (χ2v) is 11.4. The normalized spacial score (nSPS) is 19.3. The summed E-state index contributed by atoms with van der Waals surface area (Å²) in [6.45, 7) is 0.807. The van der Waals surface area contributed by atoms with Crippen LogP contribution in [0.4, 0.5) is 4.79 Å². The first-order valence-corrected chi connectivity index (χ1v) is 15.6. The minimum Gasteiger partial charge on any atom is -0.487 e. The number of carbonyl (C=O) groups excluding carboxylic acids is 4. The average molecular weight is 639 g/mol. The molecule has 0 radical (unpaired) electrons. The molecule has 12 nitrogen and oxygen atoms in total. The summed E-state index contributed by atoms with van der Waals surface area (Å²) in [5.74, 6) is -0.424. The average Bonchev–Trinajstić information content (AvgIpc) is 3.55. The fourth-order valence-corrected chi connectivity index (χ4v) is 5.19. The van der Waals surface area contributed by atoms with Crippen LogP contribution in [0, 0.1) is 0 Å². The van der Waals surface area contributed by atoms with Crippen LogP contribution in [0.15, 0.2) is 91.1 Å². The second kappa shape index (κ2) is 16.7. The van der Waals surface area contributed by atoms with E-state index in [0.29, 0.717) is 37.1 Å². The molecular formula is C35H38N6O6. The van der Waals surface area contributed by atoms with E-state index < -0.39 is 36.0 Å². The van der Waals surface area contributed by atoms with Gasteiger partial charge in [-0.3, -0.25) is 14.3 Å². The Bertz CT molecular complexity index is 1610. The van der Waals surface area contributed by atoms with Gasteiger partial charge < -0.3 is 30.2 Å². The maximum absolute atomic E-state index is 13.7. The zero-order valence-electron chi connectivity index (χ0n) is 25.9. The van der Waals surface area contributed by atoms with Crippen LogP contribution in [0.5, 0.6) is 5.75 Å². The van der Waals surface area contributed by atoms with E-state index in [-0.39, 0.29) is 32.5 Å². The first-order valence-electron chi connectivity index (χ1n) is 15.6. The van der Waals surface area contributed by atoms with Crippen molar-refractivity contribution in [3.63, 3.8) is 0 Å². The van der Waals surface area contributed by atoms with Gasteiger partial charge in [0.15, 0.2) is 0 Å². The quantitative estimate of drug-likeness (QED) is 0.272. The number of nitrogens with one attached hydrogen (secondary N) is 3. The lowest BCUT2D eigenvalue weighted by Gasteiger charge is -2.24. The molecule has 4 aromatic rings. The van der Waals surface area contributed by atoms with Gasteiger partial charge in [-0.2, -0.15) is 0 Å². The molecule has 0 unspecified atom stereocenters. The highest BCUT2D eigenvalue weighted by molar-refractivity contribution is 5.92. The van der Waals surface area contributed by atoms with Crippen molar-refractivity contribution >= 4 is 24.2 Å². The van der Waals surface area contributed by atoms with Crippen LogP contribution in [-0.4, -0.2) is 57.3 Å². The standard InChI is InChI=1S/C35H38N6O6/c42-22-28-19-26-14-16-30(17-15-26)46-24-29-21-41(40-39-29)18-8-7-13-31(38-35(45)47-23-27-11-5-2-6-12-27)33(43)37-32(34(44)36-28)20-25-9-3-1-4-10-25/h1-6,9-12,14-17,21-22,28,31-32H,7-8,13,18-20,23-24H2,(H,36,44)(H,37,43)(H,38,45)/t28-,31-,32-/m0/s1. The third-order valence-corrected chi connectivity index (χ3v) is 7.71. The number of hydrogen-bond acceptors (Lipinski definition) is 8. The van der Waals surface area contributed by atoms with Crippen LogP contribution in [0.25, 0.3) is 0 Å². The van der Waals surface area contributed by atoms with Gasteiger partial charge in [0.05, 0.1) is 12.2 Å². The van der Waals surface area contributed by atoms with Crippen molar-refractivity contribution in [1.82, 2.24) is 30.9 Å². The van der Waals surface area contributed by atoms with Gasteiger partial charge in [0, 0.05) is 13.0 Å². The zero-order chi connectivity index (χ0) is 32.8. The van der Waals surface area contributed by atoms with Crippen molar-refractivity contribution in [3.05, 3.63) is 114 Å². The highest BCUT2D eigenvalue weighted by Gasteiger charge is 2.28. The number of hydrogen-bond donors (Lipinski definition) is 3. The summed E-state index contributed by atoms with van der Waals surface area (Å²) in [5.41, 5.74) is 3.09. The van der Waals surface area contributed by atoms with Gasteiger partial charge >= 0.3 is 6.09 Å². The van der Waals surface area contributed by atoms with Gasteiger partial charge in [0.1, 0.15) is 43.0 Å². The Hall–Kier alpha value is -5.52. The Morgan fingerprint density at radius 2 is 1.66 bits per heavy atom. The largest absolute Gasteiger partial charge is 0.487 e. The van der Waals surface area contributed by atoms with E-state index in [9.17, 15) is 19.2 Å². The van der Waals surface area contributed by atoms with Crippen LogP contribution >= 0.6 is 0 Å². The molecule has 4 bridgehead atoms. The van der Waals surface area contributed by atoms with Crippen molar-refractivity contribution in [2.45, 2.75) is 70.0 Å². The van der Waals surface area contributed by atoms with Gasteiger partial charge in [-0.1, -0.05) is 78.0 Å². The molecule has 3 aromatic carbocycles. The molecule has 0 saturated carbocycles. The SMILES string of the molecule is O=C[C@@H]1Cc2ccc(cc2)OCc2cn(nn2)CCCC[C@H](NC(=O)OCc2ccccc2)C(=O)N[C@@H](Cc2ccccc2)C(=O)N1. The highest BCUT2D eigenvalue weighted by atomic mass is 16.5. The van der Waals surface area contributed by atoms with Crippen molar-refractivity contribution in [1.29, 1.82) is 0 Å². The van der Waals surface area contributed by atoms with E-state index in [0.717, 1.165) is 16.7 Å². The van der Waals surface area contributed by atoms with Gasteiger partial charge in [0.25, 0.3) is 0 Å². The molecule has 244 valence electrons. The number of fused-ring (bicyclic) bond motifs is 14. The molecular weight excluding hydrogens is 600 g/mol. The van der Waals surface area contributed by atoms with Gasteiger partial charge in [-0.25, -0.2) is 4.79 Å². The Balaban J connectivity index is 1.35. The van der Waals surface area contributed by atoms with Crippen molar-refractivity contribution < 1.29 is 28.7 Å². The maximum Gasteiger partial charge on any atom is 0.408 e. The highest BCUT2D eigenvalue weighted by Crippen LogP contribution is 2.16. The molecule has 3 N–H and O–H groups in total. The van der Waals surface area contributed by atoms with E-state index in [2.05, 4.69) is 26.3 Å². The number of aromatic nitrogens is 3. The summed E-state index contributed by atoms with van der Waals surface area (Å²) in [6.07, 6.45) is 3.62. The lowest BCUT2D eigenvalue weighted by Crippen LogP contribution is -2.56. The van der Waals surface area contributed by atoms with Crippen LogP contribution in [-0.2, 0) is 51.7 Å². The first-order chi connectivity index (χ1) is 22.9. The molecule has 2 aliphatic rings. The van der Waals surface area contributed by atoms with E-state index in [1.54, 1.807) is 23.0 Å². The number of rotatable bonds is 6. The number of ether oxygens (including phenoxy) is 2. The molecule has 0 saturated heterocycles. The Labute approximate surface area is 272 Å². The Kier molecular flexibility index (Phi) is 11.7. The maximum atomic E-state index is 13.7. The molecule has 47 heavy (non-hydrogen) atoms. The minimum absolute atomic E-state index is 0.0358. The second-order valence-electron chi connectivity index (χ2n) is 11.4. The number of aldehydes is 1. The Morgan fingerprint density at radius 3 is 2.38 bits per heavy atom. The summed E-state index contributed by atoms with van der Waals surface area (Å²) < 4.78 is 13.0. The lowest BCUT2D eigenvalue weighted by atomic mass is 10.0. The fraction of sp³-hybridized carbons (Fsp3) is 0.314. The van der Waals surface area contributed by atoms with Crippen LogP contribution < -0.4 is 20.7 Å². The molecule has 0 aliphatic carbocycles. The van der Waals surface area contributed by atoms with Crippen molar-refractivity contribution in [3.8, 4) is 5.75 Å². The summed E-state index contributed by atoms with van der Waals surface area (Å²) in [4.78, 5) is 52.3. The molecule has 3 heterocycles. The number of benzene rings is 3. The summed E-state index contributed by atoms with van der Waals surface area (Å²) >= 11 is 0. The predicted octanol–water partition coefficient (Wildman–Crippen LogP) is 3.29. The topological polar surface area (TPSA) is 154 Å². The molecule has 0 spiro atoms. The minimum atomic E-state index is -1.02. The van der Waals surface area contributed by atoms with Crippen molar-refractivity contribution in [2.24, 2.45) is 0 Å². The van der Waals surface area contributed by atoms with Gasteiger partial charge in [0.2, 0.25) is 11.8 Å². The van der Waals surface area contributed by atoms with Gasteiger partial charge in [-0.15, -0.1) is 5.10 Å². The van der Waals surface area contributed by atoms with Crippen molar-refractivity contribution in [2.75, 3.05) is 0 Å². The number of amides is 3. The molecule has 2 aliphatic heterocycles. The summed E-state index contributed by atoms with van der Waals surface area (Å²) in [6, 6.07) is 22.9. The molecule has 12 heteroatoms. The summed E-state index contributed by atoms with van der Waals surface area (Å²) in [7, 11) is 0. The Morgan fingerprint density at radius 1 is 0.936 bits per heavy atom. The number of nitrogens with zero attached hydrogens (tertiary/aromatic N) is 3. The first kappa shape index (κ1) is 32.9. The van der Waals surface area contributed by atoms with E-state index in [4.69, 9.17) is 9.47 Å². The van der Waals surface area contributed by atoms with E-state index in [1.165, 1.54) is 0 Å². The molecule has 0 fully saturated rings. The monoisotopic (exact) mass is 638 g/mol. The van der Waals surface area contributed by atoms with Gasteiger partial charge in [-0.05, 0) is 54.5 Å². The lowest BCUT2D eigenvalue weighted by molar-refractivity contribution is -0.131. The van der Waals surface area contributed by atoms with Crippen LogP contribution in [0.3, 0.4) is 0 Å². The summed E-state index contributed by atoms with van der Waals surface area (Å²) in [5, 5.41) is 16.7. The predicted molar refractivity (Wildman–Crippen MR) is 172 cm³/mol. The molecule has 6 rings (SSSR count). The molecule has 3 atom stereocenters. The third kappa shape index (κ3) is 10.2. The third-order valence-electron chi connectivity index (χ3n) is 7.71. The van der Waals surface area contributed by atoms with Crippen LogP contribution in [0.1, 0.15) is 41.6 Å². The fourth-order valence-electron chi connectivity index (χ4n) is 5.19. The number of alkyl carbamates (subject to hydrolysis) is 1. The molecule has 3 amide bonds. The smallest absolute Gasteiger partial charge is 0.408 e. The molecule has 1 aromatic heterocycles. The van der Waals surface area contributed by atoms with E-state index >= 15 is 0 Å². The number of carbonyl (C=O) groups is 4. The zero-order valence-corrected chi connectivity index (χ0v) is 25.9. The van der Waals surface area contributed by atoms with Crippen LogP contribution in [0.2, 0.25) is 0 Å².